The Morgan fingerprint density at radius 1 is 1.31 bits per heavy atom. The third-order valence-corrected chi connectivity index (χ3v) is 2.22. The maximum atomic E-state index is 10.8. The normalized spacial score (nSPS) is 17.0. The lowest BCUT2D eigenvalue weighted by Gasteiger charge is -2.11. The van der Waals surface area contributed by atoms with Crippen molar-refractivity contribution in [2.75, 3.05) is 0 Å². The zero-order valence-electron chi connectivity index (χ0n) is 7.40. The van der Waals surface area contributed by atoms with E-state index >= 15 is 0 Å². The van der Waals surface area contributed by atoms with Crippen LogP contribution >= 0.6 is 0 Å². The van der Waals surface area contributed by atoms with E-state index in [9.17, 15) is 4.79 Å². The minimum absolute atomic E-state index is 0.616. The predicted octanol–water partition coefficient (Wildman–Crippen LogP) is 0.245. The molecule has 0 N–H and O–H groups in total. The number of aldehydes is 1. The number of nitrogens with zero attached hydrogens (tertiary/aromatic N) is 2. The van der Waals surface area contributed by atoms with E-state index < -0.39 is 5.66 Å². The summed E-state index contributed by atoms with van der Waals surface area (Å²) in [5, 5.41) is 1.63. The minimum Gasteiger partial charge on any atom is -0.298 e. The van der Waals surface area contributed by atoms with Crippen LogP contribution in [-0.4, -0.2) is 11.9 Å². The molecule has 2 rings (SSSR count). The highest BCUT2D eigenvalue weighted by atomic mass is 16.1. The van der Waals surface area contributed by atoms with Crippen LogP contribution in [0.4, 0.5) is 0 Å². The monoisotopic (exact) mass is 174 g/mol. The summed E-state index contributed by atoms with van der Waals surface area (Å²) in [6.45, 7) is 1.91. The van der Waals surface area contributed by atoms with Crippen molar-refractivity contribution in [3.63, 3.8) is 0 Å². The van der Waals surface area contributed by atoms with Crippen LogP contribution in [0.15, 0.2) is 34.3 Å². The molecule has 3 nitrogen and oxygen atoms in total. The lowest BCUT2D eigenvalue weighted by atomic mass is 10.1. The molecule has 1 aliphatic rings. The molecule has 0 aliphatic carbocycles. The second-order valence-corrected chi connectivity index (χ2v) is 3.06. The number of fused-ring (bicyclic) bond motifs is 1. The van der Waals surface area contributed by atoms with E-state index in [4.69, 9.17) is 0 Å². The molecule has 0 fully saturated rings. The maximum Gasteiger partial charge on any atom is 0.206 e. The molecule has 0 bridgehead atoms. The molecule has 1 aliphatic heterocycles. The molecule has 0 radical (unpaired) electrons. The lowest BCUT2D eigenvalue weighted by Crippen LogP contribution is -2.23. The van der Waals surface area contributed by atoms with E-state index in [1.54, 1.807) is 0 Å². The topological polar surface area (TPSA) is 41.8 Å². The predicted molar refractivity (Wildman–Crippen MR) is 47.8 cm³/mol. The van der Waals surface area contributed by atoms with Gasteiger partial charge in [-0.15, -0.1) is 0 Å². The number of carbonyl (C=O) groups is 1. The largest absolute Gasteiger partial charge is 0.298 e. The zero-order chi connectivity index (χ0) is 9.31. The fourth-order valence-corrected chi connectivity index (χ4v) is 1.39. The van der Waals surface area contributed by atoms with E-state index in [0.717, 1.165) is 17.0 Å². The Morgan fingerprint density at radius 3 is 2.23 bits per heavy atom. The molecule has 66 valence electrons. The summed E-state index contributed by atoms with van der Waals surface area (Å²) in [5.74, 6) is 0. The van der Waals surface area contributed by atoms with E-state index in [0.29, 0.717) is 6.42 Å². The molecule has 0 saturated carbocycles. The zero-order valence-corrected chi connectivity index (χ0v) is 7.40. The molecule has 13 heavy (non-hydrogen) atoms. The number of hydrogen-bond acceptors (Lipinski definition) is 3. The van der Waals surface area contributed by atoms with Crippen molar-refractivity contribution >= 4 is 6.29 Å². The third-order valence-electron chi connectivity index (χ3n) is 2.22. The SMILES string of the molecule is CCC1(C=O)N=c2ccccc2=N1. The van der Waals surface area contributed by atoms with Crippen LogP contribution in [0.2, 0.25) is 0 Å². The van der Waals surface area contributed by atoms with Gasteiger partial charge in [-0.25, -0.2) is 9.98 Å². The second kappa shape index (κ2) is 2.76. The van der Waals surface area contributed by atoms with Crippen LogP contribution in [0.25, 0.3) is 0 Å². The maximum absolute atomic E-state index is 10.8. The van der Waals surface area contributed by atoms with Gasteiger partial charge in [-0.2, -0.15) is 0 Å². The first-order valence-electron chi connectivity index (χ1n) is 4.31. The Labute approximate surface area is 75.8 Å². The van der Waals surface area contributed by atoms with E-state index in [1.165, 1.54) is 0 Å². The van der Waals surface area contributed by atoms with Gasteiger partial charge in [-0.3, -0.25) is 4.79 Å². The van der Waals surface area contributed by atoms with Gasteiger partial charge in [-0.1, -0.05) is 19.1 Å². The van der Waals surface area contributed by atoms with Gasteiger partial charge in [0.1, 0.15) is 0 Å². The fraction of sp³-hybridized carbons (Fsp3) is 0.300. The highest BCUT2D eigenvalue weighted by Crippen LogP contribution is 2.14. The van der Waals surface area contributed by atoms with Gasteiger partial charge in [0, 0.05) is 0 Å². The molecule has 0 atom stereocenters. The van der Waals surface area contributed by atoms with Crippen molar-refractivity contribution < 1.29 is 4.79 Å². The summed E-state index contributed by atoms with van der Waals surface area (Å²) >= 11 is 0. The van der Waals surface area contributed by atoms with Crippen LogP contribution in [-0.2, 0) is 4.79 Å². The summed E-state index contributed by atoms with van der Waals surface area (Å²) in [4.78, 5) is 19.4. The quantitative estimate of drug-likeness (QED) is 0.592. The molecule has 0 aromatic heterocycles. The van der Waals surface area contributed by atoms with Crippen molar-refractivity contribution in [1.82, 2.24) is 0 Å². The van der Waals surface area contributed by atoms with Crippen molar-refractivity contribution in [3.8, 4) is 0 Å². The van der Waals surface area contributed by atoms with Gasteiger partial charge >= 0.3 is 0 Å². The molecule has 0 saturated heterocycles. The van der Waals surface area contributed by atoms with Gasteiger partial charge < -0.3 is 0 Å². The summed E-state index contributed by atoms with van der Waals surface area (Å²) in [6.07, 6.45) is 1.43. The van der Waals surface area contributed by atoms with Crippen molar-refractivity contribution in [1.29, 1.82) is 0 Å². The van der Waals surface area contributed by atoms with Gasteiger partial charge in [-0.05, 0) is 18.6 Å². The van der Waals surface area contributed by atoms with E-state index in [-0.39, 0.29) is 0 Å². The summed E-state index contributed by atoms with van der Waals surface area (Å²) in [7, 11) is 0. The highest BCUT2D eigenvalue weighted by Gasteiger charge is 2.27. The average Bonchev–Trinajstić information content (AvgIpc) is 2.57. The van der Waals surface area contributed by atoms with Crippen molar-refractivity contribution in [2.45, 2.75) is 19.0 Å². The van der Waals surface area contributed by atoms with Gasteiger partial charge in [0.2, 0.25) is 5.66 Å². The Kier molecular flexibility index (Phi) is 1.72. The Hall–Kier alpha value is -1.51. The van der Waals surface area contributed by atoms with Crippen molar-refractivity contribution in [2.24, 2.45) is 9.98 Å². The molecule has 0 spiro atoms. The Balaban J connectivity index is 2.68. The summed E-state index contributed by atoms with van der Waals surface area (Å²) in [6, 6.07) is 7.54. The first kappa shape index (κ1) is 8.10. The molecule has 1 heterocycles. The highest BCUT2D eigenvalue weighted by molar-refractivity contribution is 5.64. The van der Waals surface area contributed by atoms with Crippen LogP contribution in [0.5, 0.6) is 0 Å². The third kappa shape index (κ3) is 1.16. The minimum atomic E-state index is -0.844. The number of carbonyl (C=O) groups excluding carboxylic acids is 1. The molecular formula is C10H10N2O. The first-order chi connectivity index (χ1) is 6.29. The first-order valence-corrected chi connectivity index (χ1v) is 4.31. The Bertz CT molecular complexity index is 415. The van der Waals surface area contributed by atoms with E-state index in [2.05, 4.69) is 9.98 Å². The van der Waals surface area contributed by atoms with Crippen LogP contribution in [0, 0.1) is 0 Å². The molecule has 3 heteroatoms. The number of benzene rings is 1. The van der Waals surface area contributed by atoms with Gasteiger partial charge in [0.25, 0.3) is 0 Å². The van der Waals surface area contributed by atoms with E-state index in [1.807, 2.05) is 31.2 Å². The summed E-state index contributed by atoms with van der Waals surface area (Å²) < 4.78 is 0. The lowest BCUT2D eigenvalue weighted by molar-refractivity contribution is -0.112. The molecule has 0 amide bonds. The number of hydrogen-bond donors (Lipinski definition) is 0. The Morgan fingerprint density at radius 2 is 1.85 bits per heavy atom. The fourth-order valence-electron chi connectivity index (χ4n) is 1.39. The molecule has 1 aromatic rings. The van der Waals surface area contributed by atoms with Crippen molar-refractivity contribution in [3.05, 3.63) is 35.0 Å². The molecular weight excluding hydrogens is 164 g/mol. The smallest absolute Gasteiger partial charge is 0.206 e. The standard InChI is InChI=1S/C10H10N2O/c1-2-10(7-13)11-8-5-3-4-6-9(8)12-10/h3-7H,2H2,1H3. The summed E-state index contributed by atoms with van der Waals surface area (Å²) in [5.41, 5.74) is -0.844. The molecule has 0 unspecified atom stereocenters. The number of rotatable bonds is 2. The van der Waals surface area contributed by atoms with Gasteiger partial charge in [0.15, 0.2) is 6.29 Å². The van der Waals surface area contributed by atoms with Crippen LogP contribution in [0.3, 0.4) is 0 Å². The average molecular weight is 174 g/mol. The number of para-hydroxylation sites is 2. The van der Waals surface area contributed by atoms with Crippen LogP contribution in [0.1, 0.15) is 13.3 Å². The molecule has 1 aromatic carbocycles. The van der Waals surface area contributed by atoms with Gasteiger partial charge in [0.05, 0.1) is 10.7 Å². The second-order valence-electron chi connectivity index (χ2n) is 3.06. The van der Waals surface area contributed by atoms with Crippen LogP contribution < -0.4 is 10.7 Å².